The highest BCUT2D eigenvalue weighted by Gasteiger charge is 2.21. The number of halogens is 2. The average molecular weight is 409 g/mol. The van der Waals surface area contributed by atoms with E-state index in [1.165, 1.54) is 24.3 Å². The van der Waals surface area contributed by atoms with E-state index in [9.17, 15) is 17.6 Å². The van der Waals surface area contributed by atoms with Crippen LogP contribution >= 0.6 is 11.6 Å². The molecule has 2 rings (SSSR count). The van der Waals surface area contributed by atoms with Crippen LogP contribution in [0.3, 0.4) is 0 Å². The number of carbonyl (C=O) groups excluding carboxylic acids is 1. The molecule has 0 aliphatic rings. The van der Waals surface area contributed by atoms with Gasteiger partial charge in [-0.1, -0.05) is 48.0 Å². The smallest absolute Gasteiger partial charge is 0.239 e. The van der Waals surface area contributed by atoms with Crippen LogP contribution in [0.15, 0.2) is 66.6 Å². The van der Waals surface area contributed by atoms with Crippen LogP contribution in [0, 0.1) is 5.82 Å². The predicted molar refractivity (Wildman–Crippen MR) is 106 cm³/mol. The average Bonchev–Trinajstić information content (AvgIpc) is 2.64. The quantitative estimate of drug-likeness (QED) is 0.673. The molecule has 0 aliphatic heterocycles. The van der Waals surface area contributed by atoms with Crippen molar-refractivity contribution in [3.63, 3.8) is 0 Å². The van der Waals surface area contributed by atoms with Gasteiger partial charge in [0, 0.05) is 17.6 Å². The molecule has 0 heterocycles. The molecule has 0 radical (unpaired) electrons. The number of hydrogen-bond donors (Lipinski definition) is 1. The van der Waals surface area contributed by atoms with E-state index in [-0.39, 0.29) is 17.3 Å². The summed E-state index contributed by atoms with van der Waals surface area (Å²) in [6, 6.07) is 12.6. The molecule has 0 saturated carbocycles. The molecule has 1 N–H and O–H groups in total. The van der Waals surface area contributed by atoms with Crippen molar-refractivity contribution in [2.24, 2.45) is 0 Å². The summed E-state index contributed by atoms with van der Waals surface area (Å²) in [5.74, 6) is -1.20. The van der Waals surface area contributed by atoms with Crippen LogP contribution in [0.1, 0.15) is 5.56 Å². The minimum absolute atomic E-state index is 0.0426. The first-order valence-corrected chi connectivity index (χ1v) is 9.79. The van der Waals surface area contributed by atoms with Gasteiger partial charge in [-0.3, -0.25) is 4.79 Å². The monoisotopic (exact) mass is 408 g/mol. The van der Waals surface area contributed by atoms with Crippen molar-refractivity contribution in [2.45, 2.75) is 0 Å². The van der Waals surface area contributed by atoms with E-state index in [1.54, 1.807) is 24.3 Å². The molecule has 27 heavy (non-hydrogen) atoms. The van der Waals surface area contributed by atoms with Gasteiger partial charge in [-0.15, -0.1) is 6.58 Å². The van der Waals surface area contributed by atoms with E-state index < -0.39 is 28.3 Å². The van der Waals surface area contributed by atoms with Crippen LogP contribution in [0.2, 0.25) is 5.02 Å². The highest BCUT2D eigenvalue weighted by atomic mass is 35.5. The van der Waals surface area contributed by atoms with Crippen LogP contribution in [-0.4, -0.2) is 31.7 Å². The predicted octanol–water partition coefficient (Wildman–Crippen LogP) is 3.91. The van der Waals surface area contributed by atoms with Crippen molar-refractivity contribution < 1.29 is 17.6 Å². The first-order chi connectivity index (χ1) is 12.8. The molecule has 0 unspecified atom stereocenters. The molecule has 0 fully saturated rings. The number of hydrogen-bond acceptors (Lipinski definition) is 3. The summed E-state index contributed by atoms with van der Waals surface area (Å²) < 4.78 is 39.2. The summed E-state index contributed by atoms with van der Waals surface area (Å²) in [6.45, 7) is 3.05. The molecule has 2 aromatic carbocycles. The molecule has 0 spiro atoms. The lowest BCUT2D eigenvalue weighted by atomic mass is 10.2. The van der Waals surface area contributed by atoms with E-state index in [2.05, 4.69) is 11.9 Å². The lowest BCUT2D eigenvalue weighted by Crippen LogP contribution is -2.37. The third-order valence-corrected chi connectivity index (χ3v) is 5.22. The lowest BCUT2D eigenvalue weighted by molar-refractivity contribution is -0.116. The highest BCUT2D eigenvalue weighted by molar-refractivity contribution is 7.92. The van der Waals surface area contributed by atoms with Crippen molar-refractivity contribution in [2.75, 3.05) is 18.4 Å². The lowest BCUT2D eigenvalue weighted by Gasteiger charge is -2.18. The zero-order valence-corrected chi connectivity index (χ0v) is 15.9. The molecular formula is C19H18ClFN2O3S. The number of sulfonamides is 1. The number of benzene rings is 2. The summed E-state index contributed by atoms with van der Waals surface area (Å²) in [5.41, 5.74) is 0.979. The van der Waals surface area contributed by atoms with E-state index in [1.807, 2.05) is 6.07 Å². The van der Waals surface area contributed by atoms with Gasteiger partial charge in [-0.05, 0) is 29.8 Å². The Morgan fingerprint density at radius 1 is 1.22 bits per heavy atom. The molecule has 0 saturated heterocycles. The topological polar surface area (TPSA) is 66.5 Å². The molecule has 1 amide bonds. The van der Waals surface area contributed by atoms with Crippen LogP contribution in [0.4, 0.5) is 10.1 Å². The van der Waals surface area contributed by atoms with E-state index in [0.29, 0.717) is 5.56 Å². The van der Waals surface area contributed by atoms with Gasteiger partial charge in [0.2, 0.25) is 15.9 Å². The molecule has 0 aliphatic carbocycles. The Balaban J connectivity index is 2.10. The van der Waals surface area contributed by atoms with Crippen molar-refractivity contribution in [1.82, 2.24) is 4.31 Å². The number of carbonyl (C=O) groups is 1. The largest absolute Gasteiger partial charge is 0.325 e. The normalized spacial score (nSPS) is 11.7. The second kappa shape index (κ2) is 9.45. The number of anilines is 1. The van der Waals surface area contributed by atoms with E-state index in [4.69, 9.17) is 11.6 Å². The maximum atomic E-state index is 13.2. The number of nitrogens with one attached hydrogen (secondary N) is 1. The van der Waals surface area contributed by atoms with Crippen molar-refractivity contribution >= 4 is 39.3 Å². The fraction of sp³-hybridized carbons (Fsp3) is 0.105. The van der Waals surface area contributed by atoms with Gasteiger partial charge in [0.25, 0.3) is 0 Å². The fourth-order valence-corrected chi connectivity index (χ4v) is 3.44. The summed E-state index contributed by atoms with van der Waals surface area (Å²) in [4.78, 5) is 12.2. The van der Waals surface area contributed by atoms with Crippen LogP contribution in [0.25, 0.3) is 6.08 Å². The second-order valence-electron chi connectivity index (χ2n) is 5.52. The maximum Gasteiger partial charge on any atom is 0.239 e. The first kappa shape index (κ1) is 20.8. The number of rotatable bonds is 8. The van der Waals surface area contributed by atoms with Gasteiger partial charge in [-0.2, -0.15) is 4.31 Å². The van der Waals surface area contributed by atoms with Gasteiger partial charge in [0.1, 0.15) is 5.82 Å². The molecule has 0 aromatic heterocycles. The van der Waals surface area contributed by atoms with Gasteiger partial charge in [0.05, 0.1) is 11.6 Å². The number of nitrogens with zero attached hydrogens (tertiary/aromatic N) is 1. The Hall–Kier alpha value is -2.48. The first-order valence-electron chi connectivity index (χ1n) is 7.91. The minimum atomic E-state index is -3.85. The Morgan fingerprint density at radius 3 is 2.56 bits per heavy atom. The maximum absolute atomic E-state index is 13.2. The van der Waals surface area contributed by atoms with Crippen LogP contribution < -0.4 is 5.32 Å². The van der Waals surface area contributed by atoms with Crippen LogP contribution in [0.5, 0.6) is 0 Å². The van der Waals surface area contributed by atoms with Crippen molar-refractivity contribution in [1.29, 1.82) is 0 Å². The molecule has 8 heteroatoms. The van der Waals surface area contributed by atoms with E-state index in [0.717, 1.165) is 15.8 Å². The molecule has 2 aromatic rings. The summed E-state index contributed by atoms with van der Waals surface area (Å²) in [5, 5.41) is 3.38. The minimum Gasteiger partial charge on any atom is -0.325 e. The Bertz CT molecular complexity index is 947. The second-order valence-corrected chi connectivity index (χ2v) is 7.74. The summed E-state index contributed by atoms with van der Waals surface area (Å²) >= 11 is 5.67. The standard InChI is InChI=1S/C19H18ClFN2O3S/c1-2-11-23(27(25,26)12-10-15-6-4-3-5-7-15)14-19(24)22-16-8-9-18(21)17(20)13-16/h2-10,12-13H,1,11,14H2,(H,22,24). The van der Waals surface area contributed by atoms with Gasteiger partial charge >= 0.3 is 0 Å². The van der Waals surface area contributed by atoms with Crippen molar-refractivity contribution in [3.05, 3.63) is 83.0 Å². The summed E-state index contributed by atoms with van der Waals surface area (Å²) in [7, 11) is -3.85. The summed E-state index contributed by atoms with van der Waals surface area (Å²) in [6.07, 6.45) is 2.83. The molecule has 5 nitrogen and oxygen atoms in total. The molecular weight excluding hydrogens is 391 g/mol. The van der Waals surface area contributed by atoms with Gasteiger partial charge < -0.3 is 5.32 Å². The molecule has 0 bridgehead atoms. The Kier molecular flexibility index (Phi) is 7.29. The van der Waals surface area contributed by atoms with E-state index >= 15 is 0 Å². The van der Waals surface area contributed by atoms with Crippen molar-refractivity contribution in [3.8, 4) is 0 Å². The SMILES string of the molecule is C=CCN(CC(=O)Nc1ccc(F)c(Cl)c1)S(=O)(=O)C=Cc1ccccc1. The Morgan fingerprint density at radius 2 is 1.93 bits per heavy atom. The third-order valence-electron chi connectivity index (χ3n) is 3.45. The van der Waals surface area contributed by atoms with Crippen LogP contribution in [-0.2, 0) is 14.8 Å². The third kappa shape index (κ3) is 6.32. The highest BCUT2D eigenvalue weighted by Crippen LogP contribution is 2.19. The van der Waals surface area contributed by atoms with Gasteiger partial charge in [-0.25, -0.2) is 12.8 Å². The number of amides is 1. The fourth-order valence-electron chi connectivity index (χ4n) is 2.15. The molecule has 0 atom stereocenters. The van der Waals surface area contributed by atoms with Gasteiger partial charge in [0.15, 0.2) is 0 Å². The zero-order valence-electron chi connectivity index (χ0n) is 14.3. The zero-order chi connectivity index (χ0) is 19.9. The Labute approximate surface area is 162 Å². The molecule has 142 valence electrons.